The van der Waals surface area contributed by atoms with Gasteiger partial charge < -0.3 is 4.74 Å². The van der Waals surface area contributed by atoms with Gasteiger partial charge in [0.2, 0.25) is 0 Å². The second-order valence-corrected chi connectivity index (χ2v) is 3.78. The van der Waals surface area contributed by atoms with Crippen molar-refractivity contribution < 1.29 is 9.53 Å². The number of methoxy groups -OCH3 is 1. The smallest absolute Gasteiger partial charge is 0.330 e. The highest BCUT2D eigenvalue weighted by atomic mass is 32.1. The lowest BCUT2D eigenvalue weighted by molar-refractivity contribution is -0.134. The van der Waals surface area contributed by atoms with Crippen LogP contribution in [-0.4, -0.2) is 18.1 Å². The summed E-state index contributed by atoms with van der Waals surface area (Å²) in [5, 5.41) is 0.834. The third-order valence-electron chi connectivity index (χ3n) is 1.61. The highest BCUT2D eigenvalue weighted by Gasteiger charge is 2.00. The number of hydrogen-bond acceptors (Lipinski definition) is 4. The van der Waals surface area contributed by atoms with Crippen LogP contribution >= 0.6 is 11.3 Å². The van der Waals surface area contributed by atoms with Crippen molar-refractivity contribution in [3.63, 3.8) is 0 Å². The number of aromatic nitrogens is 1. The van der Waals surface area contributed by atoms with Crippen LogP contribution < -0.4 is 0 Å². The Morgan fingerprint density at radius 2 is 2.23 bits per heavy atom. The maximum absolute atomic E-state index is 10.7. The van der Waals surface area contributed by atoms with Crippen LogP contribution in [0.3, 0.4) is 0 Å². The summed E-state index contributed by atoms with van der Waals surface area (Å²) in [5.74, 6) is -0.356. The van der Waals surface area contributed by atoms with Gasteiger partial charge in [-0.25, -0.2) is 9.78 Å². The van der Waals surface area contributed by atoms with Gasteiger partial charge >= 0.3 is 5.97 Å². The average molecular weight is 197 g/mol. The van der Waals surface area contributed by atoms with Gasteiger partial charge in [0.15, 0.2) is 0 Å². The summed E-state index contributed by atoms with van der Waals surface area (Å²) >= 11 is 1.56. The van der Waals surface area contributed by atoms with Gasteiger partial charge in [-0.15, -0.1) is 11.3 Å². The van der Waals surface area contributed by atoms with Gasteiger partial charge in [0, 0.05) is 11.0 Å². The van der Waals surface area contributed by atoms with Gasteiger partial charge in [-0.1, -0.05) is 0 Å². The molecule has 0 N–H and O–H groups in total. The molecule has 0 saturated carbocycles. The van der Waals surface area contributed by atoms with Gasteiger partial charge in [0.05, 0.1) is 12.8 Å². The molecule has 13 heavy (non-hydrogen) atoms. The molecule has 4 heteroatoms. The van der Waals surface area contributed by atoms with E-state index in [1.807, 2.05) is 13.8 Å². The van der Waals surface area contributed by atoms with Crippen LogP contribution in [0, 0.1) is 13.8 Å². The van der Waals surface area contributed by atoms with Crippen molar-refractivity contribution in [3.05, 3.63) is 21.7 Å². The molecule has 0 radical (unpaired) electrons. The Balaban J connectivity index is 2.74. The molecular weight excluding hydrogens is 186 g/mol. The fraction of sp³-hybridized carbons (Fsp3) is 0.333. The topological polar surface area (TPSA) is 39.2 Å². The minimum atomic E-state index is -0.356. The lowest BCUT2D eigenvalue weighted by Gasteiger charge is -1.87. The quantitative estimate of drug-likeness (QED) is 0.537. The second-order valence-electron chi connectivity index (χ2n) is 2.55. The van der Waals surface area contributed by atoms with E-state index in [0.717, 1.165) is 10.7 Å². The van der Waals surface area contributed by atoms with Crippen molar-refractivity contribution in [2.45, 2.75) is 13.8 Å². The normalized spacial score (nSPS) is 10.7. The Bertz CT molecular complexity index is 322. The monoisotopic (exact) mass is 197 g/mol. The van der Waals surface area contributed by atoms with Crippen molar-refractivity contribution in [1.29, 1.82) is 0 Å². The van der Waals surface area contributed by atoms with Gasteiger partial charge in [0.1, 0.15) is 5.01 Å². The van der Waals surface area contributed by atoms with Crippen LogP contribution in [0.1, 0.15) is 15.6 Å². The number of hydrogen-bond donors (Lipinski definition) is 0. The maximum atomic E-state index is 10.7. The Morgan fingerprint density at radius 3 is 2.69 bits per heavy atom. The van der Waals surface area contributed by atoms with Crippen LogP contribution in [0.2, 0.25) is 0 Å². The molecule has 0 unspecified atom stereocenters. The van der Waals surface area contributed by atoms with E-state index in [1.165, 1.54) is 18.1 Å². The van der Waals surface area contributed by atoms with Crippen molar-refractivity contribution >= 4 is 23.4 Å². The van der Waals surface area contributed by atoms with Gasteiger partial charge in [-0.2, -0.15) is 0 Å². The summed E-state index contributed by atoms with van der Waals surface area (Å²) in [6, 6.07) is 0. The average Bonchev–Trinajstić information content (AvgIpc) is 2.42. The molecule has 0 fully saturated rings. The number of aryl methyl sites for hydroxylation is 2. The number of esters is 1. The van der Waals surface area contributed by atoms with Gasteiger partial charge in [0.25, 0.3) is 0 Å². The second kappa shape index (κ2) is 4.18. The molecular formula is C9H11NO2S. The number of carbonyl (C=O) groups is 1. The maximum Gasteiger partial charge on any atom is 0.330 e. The predicted molar refractivity (Wildman–Crippen MR) is 52.6 cm³/mol. The SMILES string of the molecule is COC(=O)C=Cc1nc(C)c(C)s1. The summed E-state index contributed by atoms with van der Waals surface area (Å²) in [6.45, 7) is 3.95. The van der Waals surface area contributed by atoms with E-state index in [2.05, 4.69) is 9.72 Å². The van der Waals surface area contributed by atoms with Crippen molar-refractivity contribution in [2.75, 3.05) is 7.11 Å². The molecule has 0 amide bonds. The Morgan fingerprint density at radius 1 is 1.54 bits per heavy atom. The lowest BCUT2D eigenvalue weighted by atomic mass is 10.4. The molecule has 1 aromatic heterocycles. The number of thiazole rings is 1. The van der Waals surface area contributed by atoms with Crippen molar-refractivity contribution in [3.8, 4) is 0 Å². The number of rotatable bonds is 2. The predicted octanol–water partition coefficient (Wildman–Crippen LogP) is 1.95. The van der Waals surface area contributed by atoms with Crippen LogP contribution in [0.5, 0.6) is 0 Å². The summed E-state index contributed by atoms with van der Waals surface area (Å²) < 4.78 is 4.46. The van der Waals surface area contributed by atoms with Gasteiger partial charge in [-0.05, 0) is 19.9 Å². The minimum absolute atomic E-state index is 0.356. The van der Waals surface area contributed by atoms with Crippen LogP contribution in [0.25, 0.3) is 6.08 Å². The number of nitrogens with zero attached hydrogens (tertiary/aromatic N) is 1. The van der Waals surface area contributed by atoms with E-state index in [0.29, 0.717) is 0 Å². The fourth-order valence-electron chi connectivity index (χ4n) is 0.776. The van der Waals surface area contributed by atoms with Crippen molar-refractivity contribution in [1.82, 2.24) is 4.98 Å². The zero-order valence-electron chi connectivity index (χ0n) is 7.83. The highest BCUT2D eigenvalue weighted by molar-refractivity contribution is 7.12. The summed E-state index contributed by atoms with van der Waals surface area (Å²) in [7, 11) is 1.35. The first kappa shape index (κ1) is 9.92. The molecule has 70 valence electrons. The molecule has 1 heterocycles. The molecule has 0 bridgehead atoms. The zero-order valence-corrected chi connectivity index (χ0v) is 8.64. The first-order valence-corrected chi connectivity index (χ1v) is 4.65. The lowest BCUT2D eigenvalue weighted by Crippen LogP contribution is -1.92. The molecule has 0 spiro atoms. The molecule has 1 aromatic rings. The third-order valence-corrected chi connectivity index (χ3v) is 2.65. The van der Waals surface area contributed by atoms with Crippen LogP contribution in [0.15, 0.2) is 6.08 Å². The van der Waals surface area contributed by atoms with Crippen LogP contribution in [0.4, 0.5) is 0 Å². The molecule has 0 aliphatic rings. The largest absolute Gasteiger partial charge is 0.466 e. The summed E-state index contributed by atoms with van der Waals surface area (Å²) in [5.41, 5.74) is 1.01. The van der Waals surface area contributed by atoms with E-state index in [4.69, 9.17) is 0 Å². The van der Waals surface area contributed by atoms with E-state index in [-0.39, 0.29) is 5.97 Å². The molecule has 0 saturated heterocycles. The van der Waals surface area contributed by atoms with E-state index in [9.17, 15) is 4.79 Å². The number of carbonyl (C=O) groups excluding carboxylic acids is 1. The van der Waals surface area contributed by atoms with E-state index >= 15 is 0 Å². The standard InChI is InChI=1S/C9H11NO2S/c1-6-7(2)13-8(10-6)4-5-9(11)12-3/h4-5H,1-3H3. The Labute approximate surface area is 81.1 Å². The van der Waals surface area contributed by atoms with Gasteiger partial charge in [-0.3, -0.25) is 0 Å². The zero-order chi connectivity index (χ0) is 9.84. The van der Waals surface area contributed by atoms with Crippen LogP contribution in [-0.2, 0) is 9.53 Å². The molecule has 0 atom stereocenters. The summed E-state index contributed by atoms with van der Waals surface area (Å²) in [6.07, 6.45) is 3.04. The van der Waals surface area contributed by atoms with E-state index in [1.54, 1.807) is 17.4 Å². The summed E-state index contributed by atoms with van der Waals surface area (Å²) in [4.78, 5) is 16.2. The third kappa shape index (κ3) is 2.66. The minimum Gasteiger partial charge on any atom is -0.466 e. The molecule has 0 aliphatic carbocycles. The first-order chi connectivity index (χ1) is 6.13. The van der Waals surface area contributed by atoms with E-state index < -0.39 is 0 Å². The first-order valence-electron chi connectivity index (χ1n) is 3.83. The molecule has 1 rings (SSSR count). The molecule has 3 nitrogen and oxygen atoms in total. The Hall–Kier alpha value is -1.16. The fourth-order valence-corrected chi connectivity index (χ4v) is 1.60. The number of ether oxygens (including phenoxy) is 1. The van der Waals surface area contributed by atoms with Crippen molar-refractivity contribution in [2.24, 2.45) is 0 Å². The molecule has 0 aliphatic heterocycles. The Kier molecular flexibility index (Phi) is 3.19. The highest BCUT2D eigenvalue weighted by Crippen LogP contribution is 2.17. The molecule has 0 aromatic carbocycles.